The predicted octanol–water partition coefficient (Wildman–Crippen LogP) is 4.34. The van der Waals surface area contributed by atoms with Crippen molar-refractivity contribution in [2.75, 3.05) is 24.3 Å². The van der Waals surface area contributed by atoms with E-state index in [0.717, 1.165) is 3.57 Å². The van der Waals surface area contributed by atoms with Gasteiger partial charge in [-0.05, 0) is 65.1 Å². The number of nitrogens with one attached hydrogen (secondary N) is 2. The van der Waals surface area contributed by atoms with Gasteiger partial charge in [-0.2, -0.15) is 0 Å². The van der Waals surface area contributed by atoms with Crippen LogP contribution in [0.4, 0.5) is 20.6 Å². The number of hydrogen-bond donors (Lipinski definition) is 2. The van der Waals surface area contributed by atoms with Crippen molar-refractivity contribution in [1.82, 2.24) is 4.90 Å². The number of urea groups is 1. The molecular weight excluding hydrogens is 500 g/mol. The van der Waals surface area contributed by atoms with E-state index in [1.807, 2.05) is 22.6 Å². The Kier molecular flexibility index (Phi) is 6.73. The van der Waals surface area contributed by atoms with Gasteiger partial charge in [0.1, 0.15) is 11.9 Å². The van der Waals surface area contributed by atoms with E-state index in [-0.39, 0.29) is 18.3 Å². The van der Waals surface area contributed by atoms with Crippen LogP contribution in [0.1, 0.15) is 6.42 Å². The fourth-order valence-electron chi connectivity index (χ4n) is 2.98. The lowest BCUT2D eigenvalue weighted by Gasteiger charge is -2.24. The minimum absolute atomic E-state index is 0.0735. The minimum atomic E-state index is -0.782. The van der Waals surface area contributed by atoms with Crippen LogP contribution in [-0.2, 0) is 9.53 Å². The Bertz CT molecular complexity index is 881. The first-order valence-electron chi connectivity index (χ1n) is 8.49. The number of nitrogens with zero attached hydrogens (tertiary/aromatic N) is 1. The lowest BCUT2D eigenvalue weighted by Crippen LogP contribution is -2.45. The molecule has 2 atom stereocenters. The topological polar surface area (TPSA) is 70.7 Å². The maximum absolute atomic E-state index is 14.1. The number of ether oxygens (including phenoxy) is 1. The summed E-state index contributed by atoms with van der Waals surface area (Å²) in [6.45, 7) is 0.253. The molecule has 0 aliphatic carbocycles. The summed E-state index contributed by atoms with van der Waals surface area (Å²) in [7, 11) is 1.53. The molecular formula is C19H18ClFIN3O3. The summed E-state index contributed by atoms with van der Waals surface area (Å²) in [6, 6.07) is 9.94. The van der Waals surface area contributed by atoms with Crippen LogP contribution in [0.15, 0.2) is 42.5 Å². The van der Waals surface area contributed by atoms with Crippen molar-refractivity contribution in [2.45, 2.75) is 18.6 Å². The molecule has 0 radical (unpaired) electrons. The third-order valence-electron chi connectivity index (χ3n) is 4.44. The van der Waals surface area contributed by atoms with E-state index in [1.165, 1.54) is 24.1 Å². The molecule has 0 spiro atoms. The fourth-order valence-corrected chi connectivity index (χ4v) is 3.56. The Balaban J connectivity index is 1.74. The number of methoxy groups -OCH3 is 1. The van der Waals surface area contributed by atoms with Crippen molar-refractivity contribution < 1.29 is 18.7 Å². The van der Waals surface area contributed by atoms with E-state index >= 15 is 0 Å². The highest BCUT2D eigenvalue weighted by Crippen LogP contribution is 2.24. The smallest absolute Gasteiger partial charge is 0.322 e. The van der Waals surface area contributed by atoms with Crippen molar-refractivity contribution in [1.29, 1.82) is 0 Å². The number of likely N-dealkylation sites (tertiary alicyclic amines) is 1. The van der Waals surface area contributed by atoms with Crippen molar-refractivity contribution in [3.05, 3.63) is 56.9 Å². The zero-order valence-electron chi connectivity index (χ0n) is 14.9. The maximum Gasteiger partial charge on any atom is 0.322 e. The summed E-state index contributed by atoms with van der Waals surface area (Å²) in [5.74, 6) is -0.996. The van der Waals surface area contributed by atoms with E-state index in [0.29, 0.717) is 17.1 Å². The third-order valence-corrected chi connectivity index (χ3v) is 5.37. The summed E-state index contributed by atoms with van der Waals surface area (Å²) in [5, 5.41) is 5.86. The van der Waals surface area contributed by atoms with Crippen molar-refractivity contribution in [2.24, 2.45) is 0 Å². The second kappa shape index (κ2) is 9.06. The van der Waals surface area contributed by atoms with Crippen LogP contribution < -0.4 is 10.6 Å². The number of amides is 3. The number of hydrogen-bond acceptors (Lipinski definition) is 3. The molecule has 0 saturated carbocycles. The molecule has 6 nitrogen and oxygen atoms in total. The first kappa shape index (κ1) is 20.8. The van der Waals surface area contributed by atoms with Crippen LogP contribution in [0.5, 0.6) is 0 Å². The fraction of sp³-hybridized carbons (Fsp3) is 0.263. The zero-order valence-corrected chi connectivity index (χ0v) is 17.8. The summed E-state index contributed by atoms with van der Waals surface area (Å²) < 4.78 is 20.1. The highest BCUT2D eigenvalue weighted by Gasteiger charge is 2.40. The van der Waals surface area contributed by atoms with Gasteiger partial charge >= 0.3 is 6.03 Å². The van der Waals surface area contributed by atoms with Crippen molar-refractivity contribution in [3.63, 3.8) is 0 Å². The highest BCUT2D eigenvalue weighted by molar-refractivity contribution is 14.1. The molecule has 2 N–H and O–H groups in total. The van der Waals surface area contributed by atoms with E-state index in [1.54, 1.807) is 30.3 Å². The lowest BCUT2D eigenvalue weighted by atomic mass is 10.1. The molecule has 2 aromatic rings. The average molecular weight is 518 g/mol. The van der Waals surface area contributed by atoms with Gasteiger partial charge in [0.2, 0.25) is 5.91 Å². The molecule has 9 heteroatoms. The average Bonchev–Trinajstić information content (AvgIpc) is 3.11. The maximum atomic E-state index is 14.1. The monoisotopic (exact) mass is 517 g/mol. The third kappa shape index (κ3) is 4.92. The van der Waals surface area contributed by atoms with E-state index in [9.17, 15) is 14.0 Å². The number of anilines is 2. The van der Waals surface area contributed by atoms with Crippen LogP contribution in [0.3, 0.4) is 0 Å². The van der Waals surface area contributed by atoms with Gasteiger partial charge in [-0.25, -0.2) is 9.18 Å². The van der Waals surface area contributed by atoms with Gasteiger partial charge in [0.25, 0.3) is 0 Å². The Morgan fingerprint density at radius 2 is 1.93 bits per heavy atom. The van der Waals surface area contributed by atoms with E-state index in [4.69, 9.17) is 16.3 Å². The summed E-state index contributed by atoms with van der Waals surface area (Å²) in [5.41, 5.74) is 0.627. The minimum Gasteiger partial charge on any atom is -0.380 e. The van der Waals surface area contributed by atoms with E-state index < -0.39 is 23.8 Å². The van der Waals surface area contributed by atoms with Gasteiger partial charge in [-0.3, -0.25) is 4.79 Å². The molecule has 1 fully saturated rings. The first-order chi connectivity index (χ1) is 13.4. The van der Waals surface area contributed by atoms with Crippen LogP contribution in [0.2, 0.25) is 5.02 Å². The molecule has 3 amide bonds. The van der Waals surface area contributed by atoms with Gasteiger partial charge in [0, 0.05) is 34.4 Å². The standard InChI is InChI=1S/C19H18ClFIN3O3/c1-28-14-9-17(18(26)24-16-7-4-12(22)8-15(16)21)25(10-14)19(27)23-13-5-2-11(20)3-6-13/h2-8,14,17H,9-10H2,1H3,(H,23,27)(H,24,26)/t14-,17-/m1/s1. The molecule has 0 bridgehead atoms. The van der Waals surface area contributed by atoms with Gasteiger partial charge < -0.3 is 20.3 Å². The Hall–Kier alpha value is -1.91. The van der Waals surface area contributed by atoms with Gasteiger partial charge in [-0.15, -0.1) is 0 Å². The molecule has 2 aromatic carbocycles. The largest absolute Gasteiger partial charge is 0.380 e. The molecule has 1 aliphatic rings. The molecule has 1 aliphatic heterocycles. The lowest BCUT2D eigenvalue weighted by molar-refractivity contribution is -0.119. The molecule has 28 heavy (non-hydrogen) atoms. The highest BCUT2D eigenvalue weighted by atomic mass is 127. The normalized spacial score (nSPS) is 18.8. The summed E-state index contributed by atoms with van der Waals surface area (Å²) in [6.07, 6.45) is 0.0378. The first-order valence-corrected chi connectivity index (χ1v) is 9.95. The Labute approximate surface area is 180 Å². The number of rotatable bonds is 4. The Morgan fingerprint density at radius 1 is 1.21 bits per heavy atom. The number of carbonyl (C=O) groups excluding carboxylic acids is 2. The van der Waals surface area contributed by atoms with Gasteiger partial charge in [0.15, 0.2) is 0 Å². The second-order valence-corrected chi connectivity index (χ2v) is 7.99. The predicted molar refractivity (Wildman–Crippen MR) is 114 cm³/mol. The van der Waals surface area contributed by atoms with Crippen LogP contribution in [0, 0.1) is 9.39 Å². The molecule has 1 heterocycles. The molecule has 1 saturated heterocycles. The van der Waals surface area contributed by atoms with Crippen LogP contribution in [0.25, 0.3) is 0 Å². The number of halogens is 3. The van der Waals surface area contributed by atoms with E-state index in [2.05, 4.69) is 10.6 Å². The number of carbonyl (C=O) groups is 2. The SMILES string of the molecule is CO[C@@H]1C[C@H](C(=O)Nc2ccc(I)cc2F)N(C(=O)Nc2ccc(Cl)cc2)C1. The quantitative estimate of drug-likeness (QED) is 0.593. The molecule has 0 unspecified atom stereocenters. The second-order valence-electron chi connectivity index (χ2n) is 6.31. The summed E-state index contributed by atoms with van der Waals surface area (Å²) in [4.78, 5) is 26.9. The molecule has 148 valence electrons. The van der Waals surface area contributed by atoms with Gasteiger partial charge in [0.05, 0.1) is 11.8 Å². The Morgan fingerprint density at radius 3 is 2.57 bits per heavy atom. The summed E-state index contributed by atoms with van der Waals surface area (Å²) >= 11 is 7.84. The molecule has 3 rings (SSSR count). The van der Waals surface area contributed by atoms with Crippen molar-refractivity contribution >= 4 is 57.5 Å². The van der Waals surface area contributed by atoms with Crippen molar-refractivity contribution in [3.8, 4) is 0 Å². The van der Waals surface area contributed by atoms with Crippen LogP contribution >= 0.6 is 34.2 Å². The zero-order chi connectivity index (χ0) is 20.3. The number of benzene rings is 2. The van der Waals surface area contributed by atoms with Crippen LogP contribution in [-0.4, -0.2) is 42.6 Å². The molecule has 0 aromatic heterocycles. The van der Waals surface area contributed by atoms with Gasteiger partial charge in [-0.1, -0.05) is 11.6 Å².